The first-order valence-electron chi connectivity index (χ1n) is 13.9. The van der Waals surface area contributed by atoms with E-state index in [9.17, 15) is 5.11 Å². The molecular weight excluding hydrogens is 410 g/mol. The smallest absolute Gasteiger partial charge is 0.300 e. The Morgan fingerprint density at radius 3 is 2.52 bits per heavy atom. The topological polar surface area (TPSA) is 60.8 Å². The third-order valence-corrected chi connectivity index (χ3v) is 11.7. The van der Waals surface area contributed by atoms with Gasteiger partial charge in [0.2, 0.25) is 0 Å². The Bertz CT molecular complexity index is 805. The summed E-state index contributed by atoms with van der Waals surface area (Å²) in [6.07, 6.45) is 14.3. The van der Waals surface area contributed by atoms with E-state index in [0.29, 0.717) is 10.8 Å². The molecule has 3 saturated carbocycles. The average molecular weight is 458 g/mol. The van der Waals surface area contributed by atoms with Crippen molar-refractivity contribution in [3.8, 4) is 0 Å². The quantitative estimate of drug-likeness (QED) is 0.455. The van der Waals surface area contributed by atoms with Crippen LogP contribution in [-0.4, -0.2) is 45.8 Å². The molecular formula is C29H47NO3. The number of allylic oxidation sites excluding steroid dienone is 1. The van der Waals surface area contributed by atoms with Crippen molar-refractivity contribution < 1.29 is 15.0 Å². The first-order chi connectivity index (χ1) is 15.6. The number of nitrogens with zero attached hydrogens (tertiary/aromatic N) is 1. The standard InChI is InChI=1S/C27H43NO.C2H4O2/c1-16-5-8-23-17(2)25-24(28(23)15-16)14-22-20-7-6-18-13-19(29)9-11-26(18,3)21(20)10-12-27(22,25)4;1-2(3)4/h6,16-17,19-25,29H,5,7-15H2,1-4H3;1H3,(H,3,4)/t16-,17+,19-,20+,21-,22-,23+,24-,25-,26-,27-;/m0./s1. The molecule has 4 aliphatic carbocycles. The van der Waals surface area contributed by atoms with Gasteiger partial charge in [-0.2, -0.15) is 0 Å². The molecule has 2 saturated heterocycles. The minimum atomic E-state index is -0.833. The molecule has 0 bridgehead atoms. The Hall–Kier alpha value is -0.870. The number of rotatable bonds is 0. The maximum atomic E-state index is 10.3. The van der Waals surface area contributed by atoms with Crippen molar-refractivity contribution in [2.75, 3.05) is 6.54 Å². The number of aliphatic carboxylic acids is 1. The predicted molar refractivity (Wildman–Crippen MR) is 132 cm³/mol. The summed E-state index contributed by atoms with van der Waals surface area (Å²) in [7, 11) is 0. The van der Waals surface area contributed by atoms with Gasteiger partial charge in [0, 0.05) is 25.6 Å². The minimum Gasteiger partial charge on any atom is -0.481 e. The molecule has 6 aliphatic rings. The number of carboxylic acid groups (broad SMARTS) is 1. The van der Waals surface area contributed by atoms with Crippen molar-refractivity contribution in [3.05, 3.63) is 11.6 Å². The Labute approximate surface area is 201 Å². The fourth-order valence-electron chi connectivity index (χ4n) is 10.4. The molecule has 186 valence electrons. The summed E-state index contributed by atoms with van der Waals surface area (Å²) in [6.45, 7) is 12.9. The highest BCUT2D eigenvalue weighted by Gasteiger charge is 2.66. The van der Waals surface area contributed by atoms with E-state index in [2.05, 4.69) is 38.7 Å². The lowest BCUT2D eigenvalue weighted by molar-refractivity contribution is -0.134. The Morgan fingerprint density at radius 2 is 1.79 bits per heavy atom. The van der Waals surface area contributed by atoms with Gasteiger partial charge in [-0.3, -0.25) is 9.69 Å². The van der Waals surface area contributed by atoms with Crippen LogP contribution in [-0.2, 0) is 4.79 Å². The number of aliphatic hydroxyl groups is 1. The SMILES string of the molecule is CC(=O)O.C[C@H]1CC[C@@H]2[C@@H](C)[C@H]3[C@H](C[C@H]4[C@@H]5CC=C6C[C@@H](O)CC[C@]6(C)[C@H]5CC[C@]34C)N2C1. The molecule has 33 heavy (non-hydrogen) atoms. The molecule has 0 spiro atoms. The molecule has 0 amide bonds. The van der Waals surface area contributed by atoms with Gasteiger partial charge in [0.25, 0.3) is 5.97 Å². The largest absolute Gasteiger partial charge is 0.481 e. The molecule has 11 atom stereocenters. The van der Waals surface area contributed by atoms with E-state index in [-0.39, 0.29) is 6.10 Å². The summed E-state index contributed by atoms with van der Waals surface area (Å²) in [4.78, 5) is 12.0. The molecule has 0 aromatic heterocycles. The maximum Gasteiger partial charge on any atom is 0.300 e. The maximum absolute atomic E-state index is 10.3. The first-order valence-corrected chi connectivity index (χ1v) is 13.9. The van der Waals surface area contributed by atoms with Gasteiger partial charge in [0.15, 0.2) is 0 Å². The predicted octanol–water partition coefficient (Wildman–Crippen LogP) is 5.75. The van der Waals surface area contributed by atoms with Gasteiger partial charge >= 0.3 is 0 Å². The number of carbonyl (C=O) groups is 1. The number of hydrogen-bond donors (Lipinski definition) is 2. The molecule has 0 radical (unpaired) electrons. The number of fused-ring (bicyclic) bond motifs is 9. The molecule has 4 heteroatoms. The zero-order valence-corrected chi connectivity index (χ0v) is 21.6. The van der Waals surface area contributed by atoms with Gasteiger partial charge in [0.1, 0.15) is 0 Å². The van der Waals surface area contributed by atoms with E-state index in [1.165, 1.54) is 51.5 Å². The highest BCUT2D eigenvalue weighted by Crippen LogP contribution is 2.69. The summed E-state index contributed by atoms with van der Waals surface area (Å²) in [5, 5.41) is 17.7. The fraction of sp³-hybridized carbons (Fsp3) is 0.897. The molecule has 0 unspecified atom stereocenters. The lowest BCUT2D eigenvalue weighted by Crippen LogP contribution is -2.51. The van der Waals surface area contributed by atoms with Crippen LogP contribution in [0.5, 0.6) is 0 Å². The van der Waals surface area contributed by atoms with E-state index >= 15 is 0 Å². The fourth-order valence-corrected chi connectivity index (χ4v) is 10.4. The summed E-state index contributed by atoms with van der Waals surface area (Å²) >= 11 is 0. The molecule has 6 rings (SSSR count). The summed E-state index contributed by atoms with van der Waals surface area (Å²) in [6, 6.07) is 1.75. The molecule has 0 aromatic carbocycles. The third-order valence-electron chi connectivity index (χ3n) is 11.7. The van der Waals surface area contributed by atoms with E-state index < -0.39 is 5.97 Å². The molecule has 2 aliphatic heterocycles. The Morgan fingerprint density at radius 1 is 1.06 bits per heavy atom. The van der Waals surface area contributed by atoms with Gasteiger partial charge in [-0.15, -0.1) is 0 Å². The highest BCUT2D eigenvalue weighted by molar-refractivity contribution is 5.62. The van der Waals surface area contributed by atoms with Crippen molar-refractivity contribution in [3.63, 3.8) is 0 Å². The Kier molecular flexibility index (Phi) is 6.04. The van der Waals surface area contributed by atoms with E-state index in [1.54, 1.807) is 5.57 Å². The lowest BCUT2D eigenvalue weighted by Gasteiger charge is -2.58. The van der Waals surface area contributed by atoms with Crippen molar-refractivity contribution >= 4 is 5.97 Å². The second-order valence-corrected chi connectivity index (χ2v) is 13.4. The molecule has 5 fully saturated rings. The monoisotopic (exact) mass is 457 g/mol. The summed E-state index contributed by atoms with van der Waals surface area (Å²) in [5.74, 6) is 4.60. The zero-order valence-electron chi connectivity index (χ0n) is 21.6. The van der Waals surface area contributed by atoms with E-state index in [4.69, 9.17) is 9.90 Å². The van der Waals surface area contributed by atoms with Gasteiger partial charge in [-0.1, -0.05) is 39.3 Å². The summed E-state index contributed by atoms with van der Waals surface area (Å²) in [5.41, 5.74) is 2.58. The van der Waals surface area contributed by atoms with Crippen molar-refractivity contribution in [1.29, 1.82) is 0 Å². The van der Waals surface area contributed by atoms with E-state index in [0.717, 1.165) is 67.4 Å². The second kappa shape index (κ2) is 8.36. The van der Waals surface area contributed by atoms with Crippen LogP contribution < -0.4 is 0 Å². The van der Waals surface area contributed by atoms with Crippen LogP contribution in [0.4, 0.5) is 0 Å². The van der Waals surface area contributed by atoms with Crippen molar-refractivity contribution in [2.45, 2.75) is 111 Å². The number of piperidine rings is 1. The van der Waals surface area contributed by atoms with Crippen LogP contribution in [0, 0.1) is 46.3 Å². The van der Waals surface area contributed by atoms with Crippen LogP contribution in [0.2, 0.25) is 0 Å². The van der Waals surface area contributed by atoms with E-state index in [1.807, 2.05) is 0 Å². The molecule has 2 heterocycles. The lowest BCUT2D eigenvalue weighted by atomic mass is 9.47. The summed E-state index contributed by atoms with van der Waals surface area (Å²) < 4.78 is 0. The highest BCUT2D eigenvalue weighted by atomic mass is 16.4. The van der Waals surface area contributed by atoms with Gasteiger partial charge in [-0.25, -0.2) is 0 Å². The normalized spacial score (nSPS) is 52.8. The zero-order chi connectivity index (χ0) is 23.7. The Balaban J connectivity index is 0.000000531. The first kappa shape index (κ1) is 23.9. The second-order valence-electron chi connectivity index (χ2n) is 13.4. The number of aliphatic hydroxyl groups excluding tert-OH is 1. The van der Waals surface area contributed by atoms with Crippen LogP contribution in [0.25, 0.3) is 0 Å². The van der Waals surface area contributed by atoms with Gasteiger partial charge in [-0.05, 0) is 104 Å². The van der Waals surface area contributed by atoms with Gasteiger partial charge in [0.05, 0.1) is 6.10 Å². The number of carboxylic acids is 1. The van der Waals surface area contributed by atoms with Crippen LogP contribution in [0.3, 0.4) is 0 Å². The molecule has 2 N–H and O–H groups in total. The van der Waals surface area contributed by atoms with Crippen LogP contribution in [0.15, 0.2) is 11.6 Å². The van der Waals surface area contributed by atoms with Crippen LogP contribution in [0.1, 0.15) is 92.4 Å². The number of hydrogen-bond acceptors (Lipinski definition) is 3. The minimum absolute atomic E-state index is 0.0792. The van der Waals surface area contributed by atoms with Crippen molar-refractivity contribution in [1.82, 2.24) is 4.90 Å². The third kappa shape index (κ3) is 3.64. The molecule has 0 aromatic rings. The molecule has 4 nitrogen and oxygen atoms in total. The van der Waals surface area contributed by atoms with Crippen LogP contribution >= 0.6 is 0 Å². The average Bonchev–Trinajstić information content (AvgIpc) is 3.20. The van der Waals surface area contributed by atoms with Gasteiger partial charge < -0.3 is 10.2 Å². The van der Waals surface area contributed by atoms with Crippen molar-refractivity contribution in [2.24, 2.45) is 46.3 Å².